The van der Waals surface area contributed by atoms with Gasteiger partial charge in [-0.25, -0.2) is 0 Å². The van der Waals surface area contributed by atoms with E-state index >= 15 is 0 Å². The summed E-state index contributed by atoms with van der Waals surface area (Å²) in [7, 11) is 0. The van der Waals surface area contributed by atoms with Crippen LogP contribution in [-0.4, -0.2) is 11.8 Å². The monoisotopic (exact) mass is 320 g/mol. The highest BCUT2D eigenvalue weighted by Crippen LogP contribution is 2.38. The van der Waals surface area contributed by atoms with E-state index in [9.17, 15) is 4.79 Å². The molecule has 5 heteroatoms. The van der Waals surface area contributed by atoms with E-state index in [-0.39, 0.29) is 12.3 Å². The molecule has 0 spiro atoms. The number of alkyl halides is 1. The van der Waals surface area contributed by atoms with Crippen LogP contribution in [0.4, 0.5) is 17.1 Å². The fraction of sp³-hybridized carbons (Fsp3) is 0.188. The van der Waals surface area contributed by atoms with Gasteiger partial charge >= 0.3 is 0 Å². The number of carbonyl (C=O) groups excluding carboxylic acids is 1. The minimum atomic E-state index is -0.0234. The zero-order chi connectivity index (χ0) is 14.8. The number of benzene rings is 2. The summed E-state index contributed by atoms with van der Waals surface area (Å²) in [5.41, 5.74) is 3.61. The molecule has 21 heavy (non-hydrogen) atoms. The summed E-state index contributed by atoms with van der Waals surface area (Å²) in [6, 6.07) is 13.3. The Morgan fingerprint density at radius 3 is 2.81 bits per heavy atom. The number of amides is 1. The van der Waals surface area contributed by atoms with Crippen molar-refractivity contribution in [3.8, 4) is 0 Å². The number of rotatable bonds is 2. The predicted molar refractivity (Wildman–Crippen MR) is 87.7 cm³/mol. The molecule has 0 saturated heterocycles. The van der Waals surface area contributed by atoms with Crippen LogP contribution in [0.1, 0.15) is 12.0 Å². The van der Waals surface area contributed by atoms with Crippen molar-refractivity contribution in [2.75, 3.05) is 16.1 Å². The van der Waals surface area contributed by atoms with Crippen molar-refractivity contribution in [3.63, 3.8) is 0 Å². The Labute approximate surface area is 133 Å². The fourth-order valence-corrected chi connectivity index (χ4v) is 2.87. The van der Waals surface area contributed by atoms with Crippen LogP contribution in [0.25, 0.3) is 0 Å². The minimum Gasteiger partial charge on any atom is -0.379 e. The molecule has 1 aliphatic heterocycles. The second-order valence-electron chi connectivity index (χ2n) is 4.81. The van der Waals surface area contributed by atoms with Gasteiger partial charge in [-0.05, 0) is 35.9 Å². The molecule has 0 aromatic heterocycles. The zero-order valence-corrected chi connectivity index (χ0v) is 12.8. The van der Waals surface area contributed by atoms with Crippen molar-refractivity contribution >= 4 is 46.2 Å². The first-order valence-corrected chi connectivity index (χ1v) is 7.62. The van der Waals surface area contributed by atoms with Crippen LogP contribution in [0.15, 0.2) is 42.5 Å². The number of hydrogen-bond donors (Lipinski definition) is 1. The molecule has 2 aromatic carbocycles. The van der Waals surface area contributed by atoms with E-state index in [2.05, 4.69) is 5.32 Å². The molecule has 1 heterocycles. The van der Waals surface area contributed by atoms with Crippen LogP contribution in [0.5, 0.6) is 0 Å². The molecule has 0 fully saturated rings. The number of carbonyl (C=O) groups is 1. The summed E-state index contributed by atoms with van der Waals surface area (Å²) in [5.74, 6) is 0.276. The number of halogens is 2. The molecule has 0 saturated carbocycles. The normalized spacial score (nSPS) is 13.0. The van der Waals surface area contributed by atoms with Gasteiger partial charge < -0.3 is 5.32 Å². The lowest BCUT2D eigenvalue weighted by Gasteiger charge is -2.24. The predicted octanol–water partition coefficient (Wildman–Crippen LogP) is 4.56. The van der Waals surface area contributed by atoms with Gasteiger partial charge in [0.15, 0.2) is 0 Å². The van der Waals surface area contributed by atoms with E-state index in [0.29, 0.717) is 17.4 Å². The van der Waals surface area contributed by atoms with E-state index in [0.717, 1.165) is 22.6 Å². The van der Waals surface area contributed by atoms with Gasteiger partial charge in [-0.2, -0.15) is 0 Å². The number of fused-ring (bicyclic) bond motifs is 2. The zero-order valence-electron chi connectivity index (χ0n) is 11.3. The smallest absolute Gasteiger partial charge is 0.232 e. The molecule has 0 aliphatic carbocycles. The van der Waals surface area contributed by atoms with Crippen LogP contribution in [0, 0.1) is 0 Å². The second kappa shape index (κ2) is 5.96. The highest BCUT2D eigenvalue weighted by atomic mass is 35.5. The van der Waals surface area contributed by atoms with E-state index < -0.39 is 0 Å². The summed E-state index contributed by atoms with van der Waals surface area (Å²) < 4.78 is 0. The lowest BCUT2D eigenvalue weighted by molar-refractivity contribution is -0.117. The summed E-state index contributed by atoms with van der Waals surface area (Å²) in [4.78, 5) is 14.3. The van der Waals surface area contributed by atoms with Crippen LogP contribution in [0.2, 0.25) is 5.02 Å². The van der Waals surface area contributed by atoms with Crippen molar-refractivity contribution in [1.29, 1.82) is 0 Å². The van der Waals surface area contributed by atoms with Gasteiger partial charge in [0.25, 0.3) is 0 Å². The topological polar surface area (TPSA) is 32.3 Å². The highest BCUT2D eigenvalue weighted by Gasteiger charge is 2.25. The van der Waals surface area contributed by atoms with Gasteiger partial charge in [-0.3, -0.25) is 9.69 Å². The maximum atomic E-state index is 12.5. The van der Waals surface area contributed by atoms with Crippen LogP contribution < -0.4 is 10.2 Å². The first-order chi connectivity index (χ1) is 10.2. The minimum absolute atomic E-state index is 0.0234. The summed E-state index contributed by atoms with van der Waals surface area (Å²) in [6.45, 7) is 0.623. The largest absolute Gasteiger partial charge is 0.379 e. The number of para-hydroxylation sites is 2. The Kier molecular flexibility index (Phi) is 4.04. The summed E-state index contributed by atoms with van der Waals surface area (Å²) in [5, 5.41) is 4.01. The number of nitrogens with zero attached hydrogens (tertiary/aromatic N) is 1. The van der Waals surface area contributed by atoms with E-state index in [1.54, 1.807) is 11.0 Å². The third-order valence-electron chi connectivity index (χ3n) is 3.45. The molecule has 108 valence electrons. The van der Waals surface area contributed by atoms with E-state index in [1.165, 1.54) is 0 Å². The lowest BCUT2D eigenvalue weighted by Crippen LogP contribution is -2.26. The van der Waals surface area contributed by atoms with Gasteiger partial charge in [0.2, 0.25) is 5.91 Å². The van der Waals surface area contributed by atoms with Crippen molar-refractivity contribution in [3.05, 3.63) is 53.1 Å². The maximum absolute atomic E-state index is 12.5. The Hall–Kier alpha value is -1.71. The fourth-order valence-electron chi connectivity index (χ4n) is 2.51. The highest BCUT2D eigenvalue weighted by molar-refractivity contribution is 6.30. The van der Waals surface area contributed by atoms with Gasteiger partial charge in [-0.1, -0.05) is 23.7 Å². The Morgan fingerprint density at radius 1 is 1.19 bits per heavy atom. The average Bonchev–Trinajstić information content (AvgIpc) is 2.64. The van der Waals surface area contributed by atoms with Crippen molar-refractivity contribution in [1.82, 2.24) is 0 Å². The van der Waals surface area contributed by atoms with Crippen molar-refractivity contribution in [2.45, 2.75) is 13.0 Å². The van der Waals surface area contributed by atoms with Gasteiger partial charge in [0.05, 0.1) is 17.1 Å². The SMILES string of the molecule is O=C(CCCl)N1c2ccc(Cl)cc2CNc2ccccc21. The molecule has 0 atom stereocenters. The number of hydrogen-bond acceptors (Lipinski definition) is 2. The lowest BCUT2D eigenvalue weighted by atomic mass is 10.1. The molecule has 2 aromatic rings. The van der Waals surface area contributed by atoms with Crippen LogP contribution >= 0.6 is 23.2 Å². The Bertz CT molecular complexity index is 688. The third-order valence-corrected chi connectivity index (χ3v) is 3.88. The molecule has 3 rings (SSSR count). The summed E-state index contributed by atoms with van der Waals surface area (Å²) >= 11 is 11.8. The molecular weight excluding hydrogens is 307 g/mol. The number of nitrogens with one attached hydrogen (secondary N) is 1. The Morgan fingerprint density at radius 2 is 2.00 bits per heavy atom. The molecular formula is C16H14Cl2N2O. The van der Waals surface area contributed by atoms with Crippen molar-refractivity contribution in [2.24, 2.45) is 0 Å². The standard InChI is InChI=1S/C16H14Cl2N2O/c17-8-7-16(21)20-14-6-5-12(18)9-11(14)10-19-13-3-1-2-4-15(13)20/h1-6,9,19H,7-8,10H2. The van der Waals surface area contributed by atoms with Crippen LogP contribution in [0.3, 0.4) is 0 Å². The second-order valence-corrected chi connectivity index (χ2v) is 5.63. The average molecular weight is 321 g/mol. The quantitative estimate of drug-likeness (QED) is 0.823. The Balaban J connectivity index is 2.17. The maximum Gasteiger partial charge on any atom is 0.232 e. The molecule has 1 aliphatic rings. The van der Waals surface area contributed by atoms with Gasteiger partial charge in [0.1, 0.15) is 0 Å². The van der Waals surface area contributed by atoms with Crippen molar-refractivity contribution < 1.29 is 4.79 Å². The first kappa shape index (κ1) is 14.2. The van der Waals surface area contributed by atoms with Crippen LogP contribution in [-0.2, 0) is 11.3 Å². The molecule has 0 bridgehead atoms. The molecule has 1 N–H and O–H groups in total. The van der Waals surface area contributed by atoms with Gasteiger partial charge in [-0.15, -0.1) is 11.6 Å². The third kappa shape index (κ3) is 2.71. The molecule has 3 nitrogen and oxygen atoms in total. The molecule has 0 radical (unpaired) electrons. The van der Waals surface area contributed by atoms with E-state index in [4.69, 9.17) is 23.2 Å². The first-order valence-electron chi connectivity index (χ1n) is 6.71. The molecule has 1 amide bonds. The van der Waals surface area contributed by atoms with Gasteiger partial charge in [0, 0.05) is 23.9 Å². The summed E-state index contributed by atoms with van der Waals surface area (Å²) in [6.07, 6.45) is 0.290. The number of anilines is 3. The van der Waals surface area contributed by atoms with E-state index in [1.807, 2.05) is 36.4 Å². The molecule has 0 unspecified atom stereocenters.